The van der Waals surface area contributed by atoms with Crippen molar-refractivity contribution in [3.8, 4) is 16.8 Å². The quantitative estimate of drug-likeness (QED) is 0.223. The van der Waals surface area contributed by atoms with Gasteiger partial charge < -0.3 is 19.9 Å². The third-order valence-electron chi connectivity index (χ3n) is 7.37. The van der Waals surface area contributed by atoms with E-state index in [0.29, 0.717) is 29.9 Å². The number of ether oxygens (including phenoxy) is 1. The molecule has 0 radical (unpaired) electrons. The fraction of sp³-hybridized carbons (Fsp3) is 0.353. The fourth-order valence-corrected chi connectivity index (χ4v) is 5.35. The van der Waals surface area contributed by atoms with Gasteiger partial charge in [0, 0.05) is 48.5 Å². The topological polar surface area (TPSA) is 101 Å². The molecule has 0 aliphatic carbocycles. The molecule has 5 rings (SSSR count). The second-order valence-corrected chi connectivity index (χ2v) is 12.3. The lowest BCUT2D eigenvalue weighted by molar-refractivity contribution is 0.0470. The largest absolute Gasteiger partial charge is 0.444 e. The highest BCUT2D eigenvalue weighted by atomic mass is 19.3. The molecule has 1 aliphatic rings. The molecule has 0 saturated carbocycles. The van der Waals surface area contributed by atoms with Gasteiger partial charge in [0.1, 0.15) is 11.3 Å². The first-order chi connectivity index (χ1) is 21.4. The Bertz CT molecular complexity index is 1650. The Balaban J connectivity index is 1.33. The van der Waals surface area contributed by atoms with Crippen molar-refractivity contribution in [3.05, 3.63) is 95.8 Å². The molecule has 0 bridgehead atoms. The average Bonchev–Trinajstić information content (AvgIpc) is 3.42. The van der Waals surface area contributed by atoms with Crippen molar-refractivity contribution in [1.29, 1.82) is 0 Å². The molecule has 4 aromatic rings. The van der Waals surface area contributed by atoms with Crippen molar-refractivity contribution in [3.63, 3.8) is 0 Å². The van der Waals surface area contributed by atoms with E-state index in [1.165, 1.54) is 18.3 Å². The van der Waals surface area contributed by atoms with E-state index < -0.39 is 24.0 Å². The molecule has 2 amide bonds. The highest BCUT2D eigenvalue weighted by molar-refractivity contribution is 6.03. The lowest BCUT2D eigenvalue weighted by Gasteiger charge is -2.33. The number of alkyl carbamates (subject to hydrolysis) is 1. The lowest BCUT2D eigenvalue weighted by Crippen LogP contribution is -2.48. The number of hydrogen-bond acceptors (Lipinski definition) is 6. The van der Waals surface area contributed by atoms with Crippen molar-refractivity contribution >= 4 is 17.7 Å². The number of nitrogens with zero attached hydrogens (tertiary/aromatic N) is 4. The van der Waals surface area contributed by atoms with Gasteiger partial charge in [-0.15, -0.1) is 0 Å². The number of benzene rings is 2. The molecule has 1 fully saturated rings. The lowest BCUT2D eigenvalue weighted by atomic mass is 10.0. The summed E-state index contributed by atoms with van der Waals surface area (Å²) in [5, 5.41) is 5.98. The number of hydrogen-bond donors (Lipinski definition) is 2. The molecule has 11 heteroatoms. The van der Waals surface area contributed by atoms with Gasteiger partial charge in [-0.3, -0.25) is 14.7 Å². The molecule has 2 aromatic heterocycles. The summed E-state index contributed by atoms with van der Waals surface area (Å²) < 4.78 is 33.3. The third kappa shape index (κ3) is 8.72. The number of likely N-dealkylation sites (tertiary alicyclic amines) is 1. The molecule has 1 atom stereocenters. The number of nitrogens with one attached hydrogen (secondary N) is 2. The highest BCUT2D eigenvalue weighted by Crippen LogP contribution is 2.26. The summed E-state index contributed by atoms with van der Waals surface area (Å²) in [7, 11) is 0. The van der Waals surface area contributed by atoms with Crippen LogP contribution in [0.4, 0.5) is 19.3 Å². The van der Waals surface area contributed by atoms with Gasteiger partial charge in [0.15, 0.2) is 0 Å². The van der Waals surface area contributed by atoms with Gasteiger partial charge in [0.25, 0.3) is 12.3 Å². The summed E-state index contributed by atoms with van der Waals surface area (Å²) in [6.07, 6.45) is 4.00. The first kappa shape index (κ1) is 31.8. The summed E-state index contributed by atoms with van der Waals surface area (Å²) in [5.74, 6) is -0.398. The van der Waals surface area contributed by atoms with Crippen LogP contribution in [0, 0.1) is 6.92 Å². The second kappa shape index (κ2) is 13.6. The predicted octanol–water partition coefficient (Wildman–Crippen LogP) is 6.92. The van der Waals surface area contributed by atoms with Crippen LogP contribution < -0.4 is 10.6 Å². The van der Waals surface area contributed by atoms with E-state index in [4.69, 9.17) is 4.74 Å². The van der Waals surface area contributed by atoms with Crippen molar-refractivity contribution in [2.45, 2.75) is 65.1 Å². The van der Waals surface area contributed by atoms with Gasteiger partial charge in [-0.25, -0.2) is 18.6 Å². The second-order valence-electron chi connectivity index (χ2n) is 12.3. The molecule has 2 aromatic carbocycles. The number of aryl methyl sites for hydroxylation is 1. The Morgan fingerprint density at radius 2 is 1.82 bits per heavy atom. The average molecular weight is 617 g/mol. The standard InChI is InChI=1S/C34H38F2N6O3/c1-22-18-42(21-38-22)29-15-23(19-41-13-5-6-27(20-41)40-33(44)45-34(2,3)4)14-28(17-29)39-32(43)30-16-26(11-12-37-30)24-7-9-25(10-8-24)31(35)36/h7-12,14-18,21,27,31H,5-6,13,19-20H2,1-4H3,(H,39,43)(H,40,44)/t27-/m0/s1. The predicted molar refractivity (Wildman–Crippen MR) is 169 cm³/mol. The number of anilines is 1. The van der Waals surface area contributed by atoms with E-state index in [2.05, 4.69) is 31.6 Å². The summed E-state index contributed by atoms with van der Waals surface area (Å²) >= 11 is 0. The van der Waals surface area contributed by atoms with E-state index in [9.17, 15) is 18.4 Å². The monoisotopic (exact) mass is 616 g/mol. The number of carbonyl (C=O) groups is 2. The summed E-state index contributed by atoms with van der Waals surface area (Å²) in [4.78, 5) is 36.6. The van der Waals surface area contributed by atoms with E-state index >= 15 is 0 Å². The number of imidazole rings is 1. The molecule has 0 unspecified atom stereocenters. The van der Waals surface area contributed by atoms with Gasteiger partial charge in [-0.05, 0) is 94.1 Å². The zero-order valence-corrected chi connectivity index (χ0v) is 25.9. The van der Waals surface area contributed by atoms with Gasteiger partial charge >= 0.3 is 6.09 Å². The fourth-order valence-electron chi connectivity index (χ4n) is 5.35. The molecule has 9 nitrogen and oxygen atoms in total. The molecule has 3 heterocycles. The number of amides is 2. The molecular weight excluding hydrogens is 578 g/mol. The molecule has 236 valence electrons. The Labute approximate surface area is 261 Å². The third-order valence-corrected chi connectivity index (χ3v) is 7.37. The van der Waals surface area contributed by atoms with Crippen molar-refractivity contribution in [2.75, 3.05) is 18.4 Å². The van der Waals surface area contributed by atoms with Gasteiger partial charge in [-0.1, -0.05) is 24.3 Å². The van der Waals surface area contributed by atoms with Crippen molar-refractivity contribution < 1.29 is 23.1 Å². The van der Waals surface area contributed by atoms with Crippen LogP contribution in [0.2, 0.25) is 0 Å². The Hall–Kier alpha value is -4.64. The van der Waals surface area contributed by atoms with E-state index in [0.717, 1.165) is 36.3 Å². The van der Waals surface area contributed by atoms with Gasteiger partial charge in [0.05, 0.1) is 12.0 Å². The van der Waals surface area contributed by atoms with Crippen LogP contribution in [0.25, 0.3) is 16.8 Å². The summed E-state index contributed by atoms with van der Waals surface area (Å²) in [6.45, 7) is 9.59. The maximum absolute atomic E-state index is 13.4. The van der Waals surface area contributed by atoms with Crippen LogP contribution in [0.3, 0.4) is 0 Å². The molecular formula is C34H38F2N6O3. The molecule has 45 heavy (non-hydrogen) atoms. The Morgan fingerprint density at radius 3 is 2.51 bits per heavy atom. The van der Waals surface area contributed by atoms with E-state index in [-0.39, 0.29) is 17.3 Å². The number of halogens is 2. The zero-order valence-electron chi connectivity index (χ0n) is 25.9. The number of pyridine rings is 1. The summed E-state index contributed by atoms with van der Waals surface area (Å²) in [5.41, 5.74) is 4.24. The van der Waals surface area contributed by atoms with E-state index in [1.807, 2.05) is 50.6 Å². The number of rotatable bonds is 8. The Morgan fingerprint density at radius 1 is 1.04 bits per heavy atom. The number of piperidine rings is 1. The maximum Gasteiger partial charge on any atom is 0.407 e. The number of aromatic nitrogens is 3. The minimum Gasteiger partial charge on any atom is -0.444 e. The van der Waals surface area contributed by atoms with Crippen molar-refractivity contribution in [1.82, 2.24) is 24.8 Å². The normalized spacial score (nSPS) is 15.6. The minimum absolute atomic E-state index is 0.0304. The molecule has 2 N–H and O–H groups in total. The number of carbonyl (C=O) groups excluding carboxylic acids is 2. The first-order valence-electron chi connectivity index (χ1n) is 14.9. The summed E-state index contributed by atoms with van der Waals surface area (Å²) in [6, 6.07) is 15.2. The molecule has 1 saturated heterocycles. The van der Waals surface area contributed by atoms with Crippen LogP contribution in [0.1, 0.15) is 67.3 Å². The maximum atomic E-state index is 13.4. The van der Waals surface area contributed by atoms with Crippen LogP contribution in [0.15, 0.2) is 73.3 Å². The van der Waals surface area contributed by atoms with Crippen molar-refractivity contribution in [2.24, 2.45) is 0 Å². The zero-order chi connectivity index (χ0) is 32.1. The minimum atomic E-state index is -2.55. The molecule has 1 aliphatic heterocycles. The SMILES string of the molecule is Cc1cn(-c2cc(CN3CCC[C@H](NC(=O)OC(C)(C)C)C3)cc(NC(=O)c3cc(-c4ccc(C(F)F)cc4)ccn3)c2)cn1. The smallest absolute Gasteiger partial charge is 0.407 e. The number of alkyl halides is 2. The van der Waals surface area contributed by atoms with Crippen LogP contribution >= 0.6 is 0 Å². The first-order valence-corrected chi connectivity index (χ1v) is 14.9. The van der Waals surface area contributed by atoms with Crippen LogP contribution in [-0.4, -0.2) is 56.2 Å². The van der Waals surface area contributed by atoms with Crippen LogP contribution in [0.5, 0.6) is 0 Å². The molecule has 0 spiro atoms. The van der Waals surface area contributed by atoms with E-state index in [1.54, 1.807) is 30.6 Å². The Kier molecular flexibility index (Phi) is 9.57. The highest BCUT2D eigenvalue weighted by Gasteiger charge is 2.24. The van der Waals surface area contributed by atoms with Gasteiger partial charge in [-0.2, -0.15) is 0 Å². The van der Waals surface area contributed by atoms with Gasteiger partial charge in [0.2, 0.25) is 0 Å². The van der Waals surface area contributed by atoms with Crippen LogP contribution in [-0.2, 0) is 11.3 Å².